The number of hydrogen-bond acceptors (Lipinski definition) is 5. The third-order valence-corrected chi connectivity index (χ3v) is 5.79. The third kappa shape index (κ3) is 4.11. The summed E-state index contributed by atoms with van der Waals surface area (Å²) in [6.45, 7) is 0.483. The van der Waals surface area contributed by atoms with Gasteiger partial charge < -0.3 is 10.2 Å². The van der Waals surface area contributed by atoms with E-state index < -0.39 is 0 Å². The second-order valence-corrected chi connectivity index (χ2v) is 8.21. The Morgan fingerprint density at radius 1 is 1.17 bits per heavy atom. The molecule has 2 amide bonds. The van der Waals surface area contributed by atoms with E-state index in [4.69, 9.17) is 0 Å². The molecular formula is C20H20FN5OS2. The molecule has 0 bridgehead atoms. The van der Waals surface area contributed by atoms with E-state index in [0.717, 1.165) is 10.8 Å². The lowest BCUT2D eigenvalue weighted by Crippen LogP contribution is -2.36. The zero-order valence-corrected chi connectivity index (χ0v) is 17.4. The van der Waals surface area contributed by atoms with E-state index in [9.17, 15) is 9.18 Å². The van der Waals surface area contributed by atoms with Gasteiger partial charge in [-0.05, 0) is 49.1 Å². The van der Waals surface area contributed by atoms with Crippen LogP contribution in [0.5, 0.6) is 0 Å². The number of thiol groups is 1. The molecule has 1 N–H and O–H groups in total. The van der Waals surface area contributed by atoms with Gasteiger partial charge in [-0.1, -0.05) is 30.0 Å². The fourth-order valence-corrected chi connectivity index (χ4v) is 4.34. The van der Waals surface area contributed by atoms with Crippen LogP contribution in [0.2, 0.25) is 0 Å². The number of aromatic nitrogens is 3. The SMILES string of the molecule is CSc1nnc([C@@H]2C[C@@H](S)CN2C(=O)Nc2ccc(F)cc2)n1-c1ccccc1. The molecule has 1 aromatic heterocycles. The number of para-hydroxylation sites is 1. The topological polar surface area (TPSA) is 63.1 Å². The molecule has 150 valence electrons. The molecule has 1 fully saturated rings. The minimum Gasteiger partial charge on any atom is -0.313 e. The monoisotopic (exact) mass is 429 g/mol. The van der Waals surface area contributed by atoms with Crippen LogP contribution in [0.15, 0.2) is 59.8 Å². The van der Waals surface area contributed by atoms with Gasteiger partial charge in [-0.15, -0.1) is 10.2 Å². The number of likely N-dealkylation sites (tertiary alicyclic amines) is 1. The Kier molecular flexibility index (Phi) is 5.77. The van der Waals surface area contributed by atoms with E-state index in [1.807, 2.05) is 41.2 Å². The number of amides is 2. The molecule has 0 aliphatic carbocycles. The molecule has 0 saturated carbocycles. The number of nitrogens with one attached hydrogen (secondary N) is 1. The summed E-state index contributed by atoms with van der Waals surface area (Å²) >= 11 is 6.11. The second kappa shape index (κ2) is 8.46. The molecule has 29 heavy (non-hydrogen) atoms. The highest BCUT2D eigenvalue weighted by Gasteiger charge is 2.38. The first kappa shape index (κ1) is 19.8. The van der Waals surface area contributed by atoms with Gasteiger partial charge in [-0.25, -0.2) is 9.18 Å². The Morgan fingerprint density at radius 2 is 1.90 bits per heavy atom. The summed E-state index contributed by atoms with van der Waals surface area (Å²) in [6.07, 6.45) is 2.61. The third-order valence-electron chi connectivity index (χ3n) is 4.79. The number of urea groups is 1. The maximum Gasteiger partial charge on any atom is 0.322 e. The number of hydrogen-bond donors (Lipinski definition) is 2. The highest BCUT2D eigenvalue weighted by atomic mass is 32.2. The van der Waals surface area contributed by atoms with E-state index in [2.05, 4.69) is 28.1 Å². The zero-order valence-electron chi connectivity index (χ0n) is 15.7. The fourth-order valence-electron chi connectivity index (χ4n) is 3.46. The fraction of sp³-hybridized carbons (Fsp3) is 0.250. The summed E-state index contributed by atoms with van der Waals surface area (Å²) < 4.78 is 15.1. The van der Waals surface area contributed by atoms with E-state index in [-0.39, 0.29) is 23.1 Å². The van der Waals surface area contributed by atoms with Crippen LogP contribution < -0.4 is 5.32 Å². The standard InChI is InChI=1S/C20H20FN5OS2/c1-29-20-24-23-18(26(20)15-5-3-2-4-6-15)17-11-16(28)12-25(17)19(27)22-14-9-7-13(21)8-10-14/h2-10,16-17,28H,11-12H2,1H3,(H,22,27)/t16-,17+/m1/s1. The Bertz CT molecular complexity index is 996. The minimum absolute atomic E-state index is 0.0256. The Morgan fingerprint density at radius 3 is 2.59 bits per heavy atom. The van der Waals surface area contributed by atoms with Gasteiger partial charge in [-0.2, -0.15) is 12.6 Å². The molecule has 1 aliphatic heterocycles. The van der Waals surface area contributed by atoms with Crippen molar-refractivity contribution in [3.63, 3.8) is 0 Å². The maximum atomic E-state index is 13.1. The van der Waals surface area contributed by atoms with Crippen LogP contribution in [0.1, 0.15) is 18.3 Å². The van der Waals surface area contributed by atoms with E-state index in [0.29, 0.717) is 24.5 Å². The number of rotatable bonds is 4. The molecule has 2 atom stereocenters. The molecule has 0 unspecified atom stereocenters. The quantitative estimate of drug-likeness (QED) is 0.477. The van der Waals surface area contributed by atoms with Gasteiger partial charge in [0.1, 0.15) is 5.82 Å². The molecule has 2 heterocycles. The van der Waals surface area contributed by atoms with Crippen molar-refractivity contribution in [2.45, 2.75) is 22.9 Å². The summed E-state index contributed by atoms with van der Waals surface area (Å²) in [4.78, 5) is 14.7. The highest BCUT2D eigenvalue weighted by molar-refractivity contribution is 7.98. The number of anilines is 1. The normalized spacial score (nSPS) is 18.8. The lowest BCUT2D eigenvalue weighted by atomic mass is 10.2. The zero-order chi connectivity index (χ0) is 20.4. The van der Waals surface area contributed by atoms with Crippen LogP contribution >= 0.6 is 24.4 Å². The first-order valence-electron chi connectivity index (χ1n) is 9.13. The number of thioether (sulfide) groups is 1. The van der Waals surface area contributed by atoms with Crippen LogP contribution in [0, 0.1) is 5.82 Å². The predicted octanol–water partition coefficient (Wildman–Crippen LogP) is 4.41. The number of carbonyl (C=O) groups excluding carboxylic acids is 1. The maximum absolute atomic E-state index is 13.1. The van der Waals surface area contributed by atoms with Crippen molar-refractivity contribution in [1.82, 2.24) is 19.7 Å². The van der Waals surface area contributed by atoms with Crippen LogP contribution in [0.3, 0.4) is 0 Å². The van der Waals surface area contributed by atoms with Gasteiger partial charge >= 0.3 is 6.03 Å². The highest BCUT2D eigenvalue weighted by Crippen LogP contribution is 2.36. The van der Waals surface area contributed by atoms with Crippen molar-refractivity contribution in [2.75, 3.05) is 18.1 Å². The molecule has 4 rings (SSSR count). The molecule has 0 radical (unpaired) electrons. The molecular weight excluding hydrogens is 409 g/mol. The Balaban J connectivity index is 1.66. The van der Waals surface area contributed by atoms with Gasteiger partial charge in [0.05, 0.1) is 6.04 Å². The molecule has 1 saturated heterocycles. The smallest absolute Gasteiger partial charge is 0.313 e. The van der Waals surface area contributed by atoms with Gasteiger partial charge in [-0.3, -0.25) is 4.57 Å². The van der Waals surface area contributed by atoms with Gasteiger partial charge in [0.2, 0.25) is 0 Å². The molecule has 0 spiro atoms. The van der Waals surface area contributed by atoms with E-state index in [1.54, 1.807) is 4.90 Å². The summed E-state index contributed by atoms with van der Waals surface area (Å²) in [6, 6.07) is 15.0. The second-order valence-electron chi connectivity index (χ2n) is 6.71. The number of nitrogens with zero attached hydrogens (tertiary/aromatic N) is 4. The van der Waals surface area contributed by atoms with Crippen molar-refractivity contribution in [1.29, 1.82) is 0 Å². The van der Waals surface area contributed by atoms with Crippen LogP contribution in [0.25, 0.3) is 5.69 Å². The Hall–Kier alpha value is -2.52. The van der Waals surface area contributed by atoms with Crippen LogP contribution in [-0.2, 0) is 0 Å². The van der Waals surface area contributed by atoms with Gasteiger partial charge in [0.15, 0.2) is 11.0 Å². The summed E-state index contributed by atoms with van der Waals surface area (Å²) in [5.74, 6) is 0.351. The lowest BCUT2D eigenvalue weighted by molar-refractivity contribution is 0.204. The summed E-state index contributed by atoms with van der Waals surface area (Å²) in [5.41, 5.74) is 1.48. The predicted molar refractivity (Wildman–Crippen MR) is 115 cm³/mol. The van der Waals surface area contributed by atoms with Gasteiger partial charge in [0, 0.05) is 23.2 Å². The van der Waals surface area contributed by atoms with Gasteiger partial charge in [0.25, 0.3) is 0 Å². The molecule has 6 nitrogen and oxygen atoms in total. The number of halogens is 1. The average Bonchev–Trinajstić information content (AvgIpc) is 3.33. The van der Waals surface area contributed by atoms with Crippen molar-refractivity contribution in [2.24, 2.45) is 0 Å². The minimum atomic E-state index is -0.349. The van der Waals surface area contributed by atoms with Crippen molar-refractivity contribution >= 4 is 36.1 Å². The van der Waals surface area contributed by atoms with E-state index in [1.165, 1.54) is 36.0 Å². The van der Waals surface area contributed by atoms with E-state index >= 15 is 0 Å². The van der Waals surface area contributed by atoms with Crippen LogP contribution in [0.4, 0.5) is 14.9 Å². The largest absolute Gasteiger partial charge is 0.322 e. The number of carbonyl (C=O) groups is 1. The van der Waals surface area contributed by atoms with Crippen LogP contribution in [-0.4, -0.2) is 43.7 Å². The molecule has 3 aromatic rings. The van der Waals surface area contributed by atoms with Crippen molar-refractivity contribution in [3.8, 4) is 5.69 Å². The summed E-state index contributed by atoms with van der Waals surface area (Å²) in [7, 11) is 0. The number of benzene rings is 2. The first-order valence-corrected chi connectivity index (χ1v) is 10.9. The molecule has 2 aromatic carbocycles. The Labute approximate surface area is 177 Å². The van der Waals surface area contributed by atoms with Crippen molar-refractivity contribution in [3.05, 3.63) is 66.2 Å². The summed E-state index contributed by atoms with van der Waals surface area (Å²) in [5, 5.41) is 12.4. The molecule has 1 aliphatic rings. The lowest BCUT2D eigenvalue weighted by Gasteiger charge is -2.25. The first-order chi connectivity index (χ1) is 14.1. The van der Waals surface area contributed by atoms with Crippen molar-refractivity contribution < 1.29 is 9.18 Å². The molecule has 9 heteroatoms. The average molecular weight is 430 g/mol.